The van der Waals surface area contributed by atoms with Crippen LogP contribution in [0.3, 0.4) is 0 Å². The molecule has 4 nitrogen and oxygen atoms in total. The van der Waals surface area contributed by atoms with Crippen LogP contribution in [0.25, 0.3) is 5.57 Å². The molecular weight excluding hydrogens is 312 g/mol. The van der Waals surface area contributed by atoms with Gasteiger partial charge in [-0.05, 0) is 36.6 Å². The van der Waals surface area contributed by atoms with E-state index in [2.05, 4.69) is 40.6 Å². The number of carbonyl (C=O) groups excluding carboxylic acids is 1. The first-order valence-electron chi connectivity index (χ1n) is 8.61. The van der Waals surface area contributed by atoms with E-state index in [1.54, 1.807) is 7.11 Å². The van der Waals surface area contributed by atoms with E-state index in [-0.39, 0.29) is 11.9 Å². The van der Waals surface area contributed by atoms with Gasteiger partial charge in [0.1, 0.15) is 5.75 Å². The summed E-state index contributed by atoms with van der Waals surface area (Å²) in [4.78, 5) is 14.7. The first-order chi connectivity index (χ1) is 12.2. The number of rotatable bonds is 5. The molecule has 3 rings (SSSR count). The van der Waals surface area contributed by atoms with E-state index >= 15 is 0 Å². The number of benzene rings is 2. The van der Waals surface area contributed by atoms with Crippen LogP contribution in [0, 0.1) is 0 Å². The third-order valence-electron chi connectivity index (χ3n) is 4.65. The maximum Gasteiger partial charge on any atom is 0.241 e. The minimum absolute atomic E-state index is 0.00446. The Morgan fingerprint density at radius 2 is 1.96 bits per heavy atom. The molecule has 1 heterocycles. The van der Waals surface area contributed by atoms with Gasteiger partial charge in [-0.15, -0.1) is 0 Å². The van der Waals surface area contributed by atoms with Crippen LogP contribution in [-0.4, -0.2) is 37.0 Å². The van der Waals surface area contributed by atoms with Crippen molar-refractivity contribution in [2.24, 2.45) is 0 Å². The molecule has 0 bridgehead atoms. The van der Waals surface area contributed by atoms with Crippen molar-refractivity contribution in [3.05, 3.63) is 66.2 Å². The van der Waals surface area contributed by atoms with Crippen LogP contribution in [0.4, 0.5) is 5.69 Å². The predicted molar refractivity (Wildman–Crippen MR) is 102 cm³/mol. The van der Waals surface area contributed by atoms with Crippen molar-refractivity contribution in [2.75, 3.05) is 25.5 Å². The molecule has 0 radical (unpaired) electrons. The Hall–Kier alpha value is -2.59. The Morgan fingerprint density at radius 1 is 1.16 bits per heavy atom. The van der Waals surface area contributed by atoms with Crippen LogP contribution in [0.1, 0.15) is 18.9 Å². The molecule has 0 saturated heterocycles. The molecule has 0 spiro atoms. The van der Waals surface area contributed by atoms with Crippen molar-refractivity contribution in [2.45, 2.75) is 19.4 Å². The van der Waals surface area contributed by atoms with E-state index in [1.165, 1.54) is 11.1 Å². The van der Waals surface area contributed by atoms with Crippen molar-refractivity contribution >= 4 is 17.2 Å². The molecule has 2 aromatic carbocycles. The number of anilines is 1. The minimum Gasteiger partial charge on any atom is -0.497 e. The van der Waals surface area contributed by atoms with Gasteiger partial charge in [0.25, 0.3) is 0 Å². The summed E-state index contributed by atoms with van der Waals surface area (Å²) in [5.41, 5.74) is 3.39. The number of carbonyl (C=O) groups is 1. The van der Waals surface area contributed by atoms with Gasteiger partial charge in [0.2, 0.25) is 5.91 Å². The number of nitrogens with zero attached hydrogens (tertiary/aromatic N) is 1. The Balaban J connectivity index is 1.61. The fourth-order valence-electron chi connectivity index (χ4n) is 3.06. The number of nitrogens with one attached hydrogen (secondary N) is 1. The fourth-order valence-corrected chi connectivity index (χ4v) is 3.06. The fraction of sp³-hybridized carbons (Fsp3) is 0.286. The van der Waals surface area contributed by atoms with Crippen molar-refractivity contribution in [3.8, 4) is 5.75 Å². The third kappa shape index (κ3) is 4.28. The van der Waals surface area contributed by atoms with Crippen LogP contribution in [0.15, 0.2) is 60.7 Å². The molecule has 2 aromatic rings. The lowest BCUT2D eigenvalue weighted by Crippen LogP contribution is -2.44. The van der Waals surface area contributed by atoms with Gasteiger partial charge < -0.3 is 10.1 Å². The van der Waals surface area contributed by atoms with E-state index < -0.39 is 0 Å². The highest BCUT2D eigenvalue weighted by Crippen LogP contribution is 2.23. The SMILES string of the molecule is COc1cccc(NC(=O)[C@@H](C)N2CC=C(c3ccccc3)CC2)c1. The smallest absolute Gasteiger partial charge is 0.241 e. The molecule has 0 aromatic heterocycles. The molecule has 1 aliphatic rings. The summed E-state index contributed by atoms with van der Waals surface area (Å²) in [6.45, 7) is 3.63. The number of hydrogen-bond acceptors (Lipinski definition) is 3. The topological polar surface area (TPSA) is 41.6 Å². The number of ether oxygens (including phenoxy) is 1. The molecule has 130 valence electrons. The molecular formula is C21H24N2O2. The van der Waals surface area contributed by atoms with Gasteiger partial charge in [-0.3, -0.25) is 9.69 Å². The lowest BCUT2D eigenvalue weighted by molar-refractivity contribution is -0.120. The van der Waals surface area contributed by atoms with Gasteiger partial charge in [0, 0.05) is 24.8 Å². The first-order valence-corrected chi connectivity index (χ1v) is 8.61. The highest BCUT2D eigenvalue weighted by molar-refractivity contribution is 5.94. The second-order valence-electron chi connectivity index (χ2n) is 6.24. The van der Waals surface area contributed by atoms with Crippen molar-refractivity contribution < 1.29 is 9.53 Å². The maximum absolute atomic E-state index is 12.5. The highest BCUT2D eigenvalue weighted by atomic mass is 16.5. The van der Waals surface area contributed by atoms with Gasteiger partial charge in [-0.2, -0.15) is 0 Å². The summed E-state index contributed by atoms with van der Waals surface area (Å²) < 4.78 is 5.20. The van der Waals surface area contributed by atoms with Gasteiger partial charge >= 0.3 is 0 Å². The Bertz CT molecular complexity index is 756. The summed E-state index contributed by atoms with van der Waals surface area (Å²) in [7, 11) is 1.62. The zero-order chi connectivity index (χ0) is 17.6. The van der Waals surface area contributed by atoms with E-state index in [0.29, 0.717) is 0 Å². The van der Waals surface area contributed by atoms with Crippen molar-refractivity contribution in [1.82, 2.24) is 4.90 Å². The summed E-state index contributed by atoms with van der Waals surface area (Å²) >= 11 is 0. The highest BCUT2D eigenvalue weighted by Gasteiger charge is 2.23. The largest absolute Gasteiger partial charge is 0.497 e. The van der Waals surface area contributed by atoms with Crippen LogP contribution < -0.4 is 10.1 Å². The number of methoxy groups -OCH3 is 1. The van der Waals surface area contributed by atoms with Crippen molar-refractivity contribution in [1.29, 1.82) is 0 Å². The van der Waals surface area contributed by atoms with E-state index in [0.717, 1.165) is 30.9 Å². The van der Waals surface area contributed by atoms with Gasteiger partial charge in [-0.25, -0.2) is 0 Å². The average Bonchev–Trinajstić information content (AvgIpc) is 2.68. The molecule has 1 amide bonds. The minimum atomic E-state index is -0.181. The lowest BCUT2D eigenvalue weighted by Gasteiger charge is -2.31. The lowest BCUT2D eigenvalue weighted by atomic mass is 9.99. The summed E-state index contributed by atoms with van der Waals surface area (Å²) in [5, 5.41) is 2.98. The van der Waals surface area contributed by atoms with Crippen LogP contribution in [0.2, 0.25) is 0 Å². The number of amides is 1. The summed E-state index contributed by atoms with van der Waals surface area (Å²) in [6, 6.07) is 17.7. The average molecular weight is 336 g/mol. The van der Waals surface area contributed by atoms with Crippen LogP contribution in [0.5, 0.6) is 5.75 Å². The zero-order valence-electron chi connectivity index (χ0n) is 14.7. The molecule has 25 heavy (non-hydrogen) atoms. The molecule has 1 aliphatic heterocycles. The molecule has 0 fully saturated rings. The van der Waals surface area contributed by atoms with Crippen LogP contribution >= 0.6 is 0 Å². The Labute approximate surface area is 149 Å². The second-order valence-corrected chi connectivity index (χ2v) is 6.24. The second kappa shape index (κ2) is 7.99. The third-order valence-corrected chi connectivity index (χ3v) is 4.65. The first kappa shape index (κ1) is 17.2. The Morgan fingerprint density at radius 3 is 2.64 bits per heavy atom. The quantitative estimate of drug-likeness (QED) is 0.903. The van der Waals surface area contributed by atoms with Gasteiger partial charge in [0.15, 0.2) is 0 Å². The molecule has 1 N–H and O–H groups in total. The van der Waals surface area contributed by atoms with Gasteiger partial charge in [0.05, 0.1) is 13.2 Å². The molecule has 0 unspecified atom stereocenters. The normalized spacial score (nSPS) is 16.0. The standard InChI is InChI=1S/C21H24N2O2/c1-16(21(24)22-19-9-6-10-20(15-19)25-2)23-13-11-18(12-14-23)17-7-4-3-5-8-17/h3-11,15-16H,12-14H2,1-2H3,(H,22,24)/t16-/m1/s1. The zero-order valence-corrected chi connectivity index (χ0v) is 14.7. The Kier molecular flexibility index (Phi) is 5.51. The molecule has 0 saturated carbocycles. The molecule has 1 atom stereocenters. The molecule has 4 heteroatoms. The summed E-state index contributed by atoms with van der Waals surface area (Å²) in [5.74, 6) is 0.740. The molecule has 0 aliphatic carbocycles. The monoisotopic (exact) mass is 336 g/mol. The van der Waals surface area contributed by atoms with Gasteiger partial charge in [-0.1, -0.05) is 42.5 Å². The van der Waals surface area contributed by atoms with E-state index in [9.17, 15) is 4.79 Å². The van der Waals surface area contributed by atoms with Crippen LogP contribution in [-0.2, 0) is 4.79 Å². The van der Waals surface area contributed by atoms with Crippen molar-refractivity contribution in [3.63, 3.8) is 0 Å². The maximum atomic E-state index is 12.5. The predicted octanol–water partition coefficient (Wildman–Crippen LogP) is 3.81. The summed E-state index contributed by atoms with van der Waals surface area (Å²) in [6.07, 6.45) is 3.19. The number of hydrogen-bond donors (Lipinski definition) is 1. The van der Waals surface area contributed by atoms with E-state index in [4.69, 9.17) is 4.74 Å². The van der Waals surface area contributed by atoms with E-state index in [1.807, 2.05) is 37.3 Å².